The molecule has 0 atom stereocenters. The van der Waals surface area contributed by atoms with E-state index in [4.69, 9.17) is 0 Å². The number of nitrogens with zero attached hydrogens (tertiary/aromatic N) is 1. The fourth-order valence-corrected chi connectivity index (χ4v) is 2.99. The molecule has 0 saturated heterocycles. The van der Waals surface area contributed by atoms with Gasteiger partial charge in [-0.25, -0.2) is 18.2 Å². The van der Waals surface area contributed by atoms with Crippen molar-refractivity contribution in [1.29, 1.82) is 0 Å². The minimum Gasteiger partial charge on any atom is -0.298 e. The van der Waals surface area contributed by atoms with Gasteiger partial charge in [0.05, 0.1) is 11.3 Å². The van der Waals surface area contributed by atoms with E-state index in [1.807, 2.05) is 0 Å². The van der Waals surface area contributed by atoms with Crippen molar-refractivity contribution in [2.24, 2.45) is 0 Å². The Hall–Kier alpha value is -2.67. The standard InChI is InChI=1S/C17H11F3N2OS/c1-9-15(10-2-4-11(18)5-3-10)21-17(24-9)22-16(23)13-8-12(19)6-7-14(13)20/h2-8H,1H3,(H,21,22,23). The van der Waals surface area contributed by atoms with Gasteiger partial charge in [-0.3, -0.25) is 10.1 Å². The predicted octanol–water partition coefficient (Wildman–Crippen LogP) is 4.79. The second kappa shape index (κ2) is 6.45. The number of hydrogen-bond acceptors (Lipinski definition) is 3. The molecule has 2 aromatic carbocycles. The van der Waals surface area contributed by atoms with Gasteiger partial charge in [-0.05, 0) is 49.4 Å². The molecular formula is C17H11F3N2OS. The first kappa shape index (κ1) is 16.2. The zero-order valence-electron chi connectivity index (χ0n) is 12.4. The molecule has 122 valence electrons. The summed E-state index contributed by atoms with van der Waals surface area (Å²) in [5, 5.41) is 2.71. The van der Waals surface area contributed by atoms with Crippen LogP contribution in [-0.4, -0.2) is 10.9 Å². The van der Waals surface area contributed by atoms with Gasteiger partial charge >= 0.3 is 0 Å². The number of carbonyl (C=O) groups excluding carboxylic acids is 1. The number of aromatic nitrogens is 1. The second-order valence-electron chi connectivity index (χ2n) is 5.01. The summed E-state index contributed by atoms with van der Waals surface area (Å²) in [6.07, 6.45) is 0. The van der Waals surface area contributed by atoms with Crippen LogP contribution in [0.1, 0.15) is 15.2 Å². The van der Waals surface area contributed by atoms with Crippen LogP contribution in [0.2, 0.25) is 0 Å². The lowest BCUT2D eigenvalue weighted by Crippen LogP contribution is -2.13. The highest BCUT2D eigenvalue weighted by Crippen LogP contribution is 2.30. The molecule has 3 nitrogen and oxygen atoms in total. The molecule has 0 aliphatic rings. The minimum atomic E-state index is -0.819. The number of aryl methyl sites for hydroxylation is 1. The monoisotopic (exact) mass is 348 g/mol. The van der Waals surface area contributed by atoms with Gasteiger partial charge in [0.2, 0.25) is 0 Å². The van der Waals surface area contributed by atoms with Gasteiger partial charge in [-0.2, -0.15) is 0 Å². The third kappa shape index (κ3) is 3.30. The van der Waals surface area contributed by atoms with Crippen LogP contribution in [0.5, 0.6) is 0 Å². The average molecular weight is 348 g/mol. The molecule has 1 heterocycles. The zero-order valence-corrected chi connectivity index (χ0v) is 13.3. The fourth-order valence-electron chi connectivity index (χ4n) is 2.16. The summed E-state index contributed by atoms with van der Waals surface area (Å²) in [6.45, 7) is 1.80. The summed E-state index contributed by atoms with van der Waals surface area (Å²) in [7, 11) is 0. The summed E-state index contributed by atoms with van der Waals surface area (Å²) in [5.74, 6) is -2.67. The third-order valence-electron chi connectivity index (χ3n) is 3.31. The van der Waals surface area contributed by atoms with E-state index in [-0.39, 0.29) is 10.9 Å². The lowest BCUT2D eigenvalue weighted by atomic mass is 10.1. The van der Waals surface area contributed by atoms with Crippen LogP contribution in [0.15, 0.2) is 42.5 Å². The molecule has 0 aliphatic carbocycles. The lowest BCUT2D eigenvalue weighted by Gasteiger charge is -2.03. The van der Waals surface area contributed by atoms with Gasteiger partial charge in [-0.15, -0.1) is 11.3 Å². The third-order valence-corrected chi connectivity index (χ3v) is 4.19. The first-order valence-electron chi connectivity index (χ1n) is 6.94. The van der Waals surface area contributed by atoms with Crippen LogP contribution in [0, 0.1) is 24.4 Å². The Bertz CT molecular complexity index is 907. The molecule has 0 saturated carbocycles. The summed E-state index contributed by atoms with van der Waals surface area (Å²) in [6, 6.07) is 8.44. The van der Waals surface area contributed by atoms with Crippen molar-refractivity contribution in [2.75, 3.05) is 5.32 Å². The Morgan fingerprint density at radius 3 is 2.42 bits per heavy atom. The summed E-state index contributed by atoms with van der Waals surface area (Å²) >= 11 is 1.19. The molecule has 0 spiro atoms. The van der Waals surface area contributed by atoms with Crippen LogP contribution in [0.25, 0.3) is 11.3 Å². The van der Waals surface area contributed by atoms with Crippen molar-refractivity contribution < 1.29 is 18.0 Å². The van der Waals surface area contributed by atoms with Crippen LogP contribution >= 0.6 is 11.3 Å². The zero-order chi connectivity index (χ0) is 17.3. The van der Waals surface area contributed by atoms with Gasteiger partial charge in [0.25, 0.3) is 5.91 Å². The van der Waals surface area contributed by atoms with Gasteiger partial charge in [0.1, 0.15) is 17.5 Å². The Morgan fingerprint density at radius 2 is 1.71 bits per heavy atom. The van der Waals surface area contributed by atoms with Crippen LogP contribution in [-0.2, 0) is 0 Å². The van der Waals surface area contributed by atoms with E-state index in [1.54, 1.807) is 19.1 Å². The molecule has 0 fully saturated rings. The fraction of sp³-hybridized carbons (Fsp3) is 0.0588. The Balaban J connectivity index is 1.86. The Labute approximate surface area is 139 Å². The molecule has 3 aromatic rings. The van der Waals surface area contributed by atoms with Crippen molar-refractivity contribution in [2.45, 2.75) is 6.92 Å². The molecular weight excluding hydrogens is 337 g/mol. The molecule has 24 heavy (non-hydrogen) atoms. The number of hydrogen-bond donors (Lipinski definition) is 1. The molecule has 0 unspecified atom stereocenters. The van der Waals surface area contributed by atoms with E-state index in [0.717, 1.165) is 23.1 Å². The van der Waals surface area contributed by atoms with E-state index in [0.29, 0.717) is 11.3 Å². The first-order chi connectivity index (χ1) is 11.4. The molecule has 1 aromatic heterocycles. The van der Waals surface area contributed by atoms with E-state index in [9.17, 15) is 18.0 Å². The van der Waals surface area contributed by atoms with Crippen molar-refractivity contribution in [3.05, 3.63) is 70.4 Å². The largest absolute Gasteiger partial charge is 0.298 e. The quantitative estimate of drug-likeness (QED) is 0.739. The molecule has 0 bridgehead atoms. The highest BCUT2D eigenvalue weighted by molar-refractivity contribution is 7.16. The van der Waals surface area contributed by atoms with E-state index in [1.165, 1.54) is 23.5 Å². The van der Waals surface area contributed by atoms with Crippen LogP contribution in [0.3, 0.4) is 0 Å². The minimum absolute atomic E-state index is 0.250. The molecule has 3 rings (SSSR count). The number of benzene rings is 2. The maximum Gasteiger partial charge on any atom is 0.260 e. The summed E-state index contributed by atoms with van der Waals surface area (Å²) < 4.78 is 39.8. The number of nitrogens with one attached hydrogen (secondary N) is 1. The first-order valence-corrected chi connectivity index (χ1v) is 7.75. The van der Waals surface area contributed by atoms with Crippen LogP contribution < -0.4 is 5.32 Å². The Morgan fingerprint density at radius 1 is 1.04 bits per heavy atom. The molecule has 1 N–H and O–H groups in total. The van der Waals surface area contributed by atoms with Crippen molar-refractivity contribution >= 4 is 22.4 Å². The van der Waals surface area contributed by atoms with Gasteiger partial charge in [-0.1, -0.05) is 0 Å². The van der Waals surface area contributed by atoms with E-state index < -0.39 is 23.1 Å². The second-order valence-corrected chi connectivity index (χ2v) is 6.21. The number of halogens is 3. The number of carbonyl (C=O) groups is 1. The maximum atomic E-state index is 13.6. The smallest absolute Gasteiger partial charge is 0.260 e. The topological polar surface area (TPSA) is 42.0 Å². The van der Waals surface area contributed by atoms with E-state index >= 15 is 0 Å². The van der Waals surface area contributed by atoms with Crippen molar-refractivity contribution in [3.8, 4) is 11.3 Å². The number of anilines is 1. The molecule has 0 radical (unpaired) electrons. The van der Waals surface area contributed by atoms with E-state index in [2.05, 4.69) is 10.3 Å². The summed E-state index contributed by atoms with van der Waals surface area (Å²) in [5.41, 5.74) is 0.892. The van der Waals surface area contributed by atoms with Crippen molar-refractivity contribution in [1.82, 2.24) is 4.98 Å². The van der Waals surface area contributed by atoms with Gasteiger partial charge in [0, 0.05) is 10.4 Å². The Kier molecular flexibility index (Phi) is 4.35. The number of rotatable bonds is 3. The average Bonchev–Trinajstić information content (AvgIpc) is 2.91. The number of thiazole rings is 1. The summed E-state index contributed by atoms with van der Waals surface area (Å²) in [4.78, 5) is 17.2. The van der Waals surface area contributed by atoms with Crippen molar-refractivity contribution in [3.63, 3.8) is 0 Å². The highest BCUT2D eigenvalue weighted by atomic mass is 32.1. The number of amides is 1. The van der Waals surface area contributed by atoms with Gasteiger partial charge < -0.3 is 0 Å². The molecule has 1 amide bonds. The van der Waals surface area contributed by atoms with Gasteiger partial charge in [0.15, 0.2) is 5.13 Å². The molecule has 7 heteroatoms. The predicted molar refractivity (Wildman–Crippen MR) is 86.6 cm³/mol. The lowest BCUT2D eigenvalue weighted by molar-refractivity contribution is 0.102. The molecule has 0 aliphatic heterocycles. The normalized spacial score (nSPS) is 10.7. The SMILES string of the molecule is Cc1sc(NC(=O)c2cc(F)ccc2F)nc1-c1ccc(F)cc1. The highest BCUT2D eigenvalue weighted by Gasteiger charge is 2.16. The maximum absolute atomic E-state index is 13.6. The van der Waals surface area contributed by atoms with Crippen LogP contribution in [0.4, 0.5) is 18.3 Å².